The highest BCUT2D eigenvalue weighted by Crippen LogP contribution is 2.33. The van der Waals surface area contributed by atoms with Crippen LogP contribution in [-0.2, 0) is 9.53 Å². The molecule has 0 aliphatic heterocycles. The van der Waals surface area contributed by atoms with Gasteiger partial charge in [-0.2, -0.15) is 0 Å². The molecule has 3 nitrogen and oxygen atoms in total. The molecule has 0 fully saturated rings. The van der Waals surface area contributed by atoms with Crippen LogP contribution in [0.4, 0.5) is 0 Å². The summed E-state index contributed by atoms with van der Waals surface area (Å²) in [6.07, 6.45) is 0. The van der Waals surface area contributed by atoms with Gasteiger partial charge in [-0.15, -0.1) is 11.8 Å². The van der Waals surface area contributed by atoms with Crippen LogP contribution in [0.3, 0.4) is 0 Å². The Morgan fingerprint density at radius 3 is 2.58 bits per heavy atom. The van der Waals surface area contributed by atoms with Crippen LogP contribution in [0, 0.1) is 0 Å². The van der Waals surface area contributed by atoms with E-state index in [0.717, 1.165) is 10.0 Å². The molecule has 0 amide bonds. The maximum atomic E-state index is 11.7. The van der Waals surface area contributed by atoms with Gasteiger partial charge in [0.25, 0.3) is 0 Å². The molecule has 2 N–H and O–H groups in total. The van der Waals surface area contributed by atoms with Crippen molar-refractivity contribution >= 4 is 33.7 Å². The molecule has 1 aromatic carbocycles. The number of ether oxygens (including phenoxy) is 1. The van der Waals surface area contributed by atoms with Crippen molar-refractivity contribution in [3.05, 3.63) is 34.3 Å². The maximum absolute atomic E-state index is 11.7. The largest absolute Gasteiger partial charge is 0.459 e. The Morgan fingerprint density at radius 1 is 1.42 bits per heavy atom. The fourth-order valence-electron chi connectivity index (χ4n) is 1.56. The average Bonchev–Trinajstić information content (AvgIpc) is 2.29. The molecule has 0 aliphatic carbocycles. The molecule has 1 aromatic rings. The fraction of sp³-hybridized carbons (Fsp3) is 0.500. The summed E-state index contributed by atoms with van der Waals surface area (Å²) < 4.78 is 6.30. The number of esters is 1. The second-order valence-electron chi connectivity index (χ2n) is 5.14. The Labute approximate surface area is 127 Å². The summed E-state index contributed by atoms with van der Waals surface area (Å²) in [7, 11) is 0. The van der Waals surface area contributed by atoms with Crippen LogP contribution in [0.15, 0.2) is 28.7 Å². The van der Waals surface area contributed by atoms with E-state index in [-0.39, 0.29) is 11.2 Å². The number of nitrogens with two attached hydrogens (primary N) is 1. The molecule has 106 valence electrons. The molecule has 5 heteroatoms. The van der Waals surface area contributed by atoms with E-state index in [9.17, 15) is 4.79 Å². The summed E-state index contributed by atoms with van der Waals surface area (Å²) in [5, 5.41) is 0.0862. The zero-order valence-corrected chi connectivity index (χ0v) is 13.9. The Hall–Kier alpha value is -0.520. The van der Waals surface area contributed by atoms with E-state index in [2.05, 4.69) is 15.9 Å². The lowest BCUT2D eigenvalue weighted by Gasteiger charge is -2.21. The van der Waals surface area contributed by atoms with Crippen molar-refractivity contribution in [2.75, 3.05) is 12.3 Å². The Balaban J connectivity index is 2.59. The molecule has 1 atom stereocenters. The van der Waals surface area contributed by atoms with Gasteiger partial charge in [-0.25, -0.2) is 0 Å². The molecule has 1 rings (SSSR count). The topological polar surface area (TPSA) is 52.3 Å². The summed E-state index contributed by atoms with van der Waals surface area (Å²) in [5.41, 5.74) is 6.46. The molecular weight excluding hydrogens is 326 g/mol. The quantitative estimate of drug-likeness (QED) is 0.829. The minimum Gasteiger partial charge on any atom is -0.459 e. The van der Waals surface area contributed by atoms with Crippen molar-refractivity contribution in [3.63, 3.8) is 0 Å². The van der Waals surface area contributed by atoms with Crippen LogP contribution >= 0.6 is 27.7 Å². The zero-order chi connectivity index (χ0) is 14.5. The summed E-state index contributed by atoms with van der Waals surface area (Å²) in [5.74, 6) is 0.100. The van der Waals surface area contributed by atoms with Gasteiger partial charge in [0.2, 0.25) is 0 Å². The van der Waals surface area contributed by atoms with Crippen molar-refractivity contribution in [3.8, 4) is 0 Å². The first-order valence-electron chi connectivity index (χ1n) is 6.11. The predicted molar refractivity (Wildman–Crippen MR) is 84.2 cm³/mol. The van der Waals surface area contributed by atoms with Gasteiger partial charge in [0, 0.05) is 16.3 Å². The van der Waals surface area contributed by atoms with Gasteiger partial charge < -0.3 is 10.5 Å². The van der Waals surface area contributed by atoms with Crippen molar-refractivity contribution in [1.29, 1.82) is 0 Å². The molecule has 0 spiro atoms. The molecule has 0 saturated heterocycles. The Kier molecular flexibility index (Phi) is 6.36. The van der Waals surface area contributed by atoms with Crippen LogP contribution < -0.4 is 5.73 Å². The molecule has 0 aliphatic rings. The first-order valence-corrected chi connectivity index (χ1v) is 7.95. The van der Waals surface area contributed by atoms with E-state index < -0.39 is 5.60 Å². The van der Waals surface area contributed by atoms with Gasteiger partial charge in [-0.1, -0.05) is 34.1 Å². The van der Waals surface area contributed by atoms with Crippen LogP contribution in [0.2, 0.25) is 0 Å². The second-order valence-corrected chi connectivity index (χ2v) is 7.19. The first kappa shape index (κ1) is 16.5. The number of benzene rings is 1. The lowest BCUT2D eigenvalue weighted by molar-refractivity contribution is -0.151. The van der Waals surface area contributed by atoms with Crippen LogP contribution in [0.5, 0.6) is 0 Å². The highest BCUT2D eigenvalue weighted by molar-refractivity contribution is 9.10. The normalized spacial score (nSPS) is 13.1. The van der Waals surface area contributed by atoms with Crippen molar-refractivity contribution in [2.24, 2.45) is 5.73 Å². The van der Waals surface area contributed by atoms with Gasteiger partial charge >= 0.3 is 5.97 Å². The highest BCUT2D eigenvalue weighted by Gasteiger charge is 2.19. The van der Waals surface area contributed by atoms with Gasteiger partial charge in [-0.05, 0) is 32.4 Å². The van der Waals surface area contributed by atoms with E-state index in [1.165, 1.54) is 11.8 Å². The number of hydrogen-bond donors (Lipinski definition) is 1. The lowest BCUT2D eigenvalue weighted by atomic mass is 10.1. The molecule has 0 aromatic heterocycles. The van der Waals surface area contributed by atoms with Gasteiger partial charge in [0.15, 0.2) is 0 Å². The minimum atomic E-state index is -0.441. The molecule has 0 heterocycles. The average molecular weight is 346 g/mol. The summed E-state index contributed by atoms with van der Waals surface area (Å²) >= 11 is 5.02. The minimum absolute atomic E-state index is 0.0862. The van der Waals surface area contributed by atoms with Crippen molar-refractivity contribution in [2.45, 2.75) is 31.6 Å². The molecular formula is C14H20BrNO2S. The van der Waals surface area contributed by atoms with Crippen LogP contribution in [0.25, 0.3) is 0 Å². The number of halogens is 1. The number of rotatable bonds is 5. The predicted octanol–water partition coefficient (Wildman–Crippen LogP) is 3.52. The second kappa shape index (κ2) is 7.31. The monoisotopic (exact) mass is 345 g/mol. The van der Waals surface area contributed by atoms with Crippen LogP contribution in [0.1, 0.15) is 31.6 Å². The number of carbonyl (C=O) groups is 1. The summed E-state index contributed by atoms with van der Waals surface area (Å²) in [6, 6.07) is 7.92. The van der Waals surface area contributed by atoms with Crippen LogP contribution in [-0.4, -0.2) is 23.9 Å². The third-order valence-electron chi connectivity index (χ3n) is 2.29. The number of hydrogen-bond acceptors (Lipinski definition) is 4. The SMILES string of the molecule is CC(C)(C)OC(=O)CSC(CN)c1ccccc1Br. The highest BCUT2D eigenvalue weighted by atomic mass is 79.9. The lowest BCUT2D eigenvalue weighted by Crippen LogP contribution is -2.25. The number of thioether (sulfide) groups is 1. The smallest absolute Gasteiger partial charge is 0.316 e. The van der Waals surface area contributed by atoms with Gasteiger partial charge in [-0.3, -0.25) is 4.79 Å². The number of carbonyl (C=O) groups excluding carboxylic acids is 1. The summed E-state index contributed by atoms with van der Waals surface area (Å²) in [4.78, 5) is 11.7. The Bertz CT molecular complexity index is 432. The summed E-state index contributed by atoms with van der Waals surface area (Å²) in [6.45, 7) is 6.08. The Morgan fingerprint density at radius 2 is 2.05 bits per heavy atom. The zero-order valence-electron chi connectivity index (χ0n) is 11.5. The third-order valence-corrected chi connectivity index (χ3v) is 4.26. The van der Waals surface area contributed by atoms with E-state index >= 15 is 0 Å². The molecule has 0 saturated carbocycles. The van der Waals surface area contributed by atoms with E-state index in [4.69, 9.17) is 10.5 Å². The molecule has 0 bridgehead atoms. The maximum Gasteiger partial charge on any atom is 0.316 e. The standard InChI is InChI=1S/C14H20BrNO2S/c1-14(2,3)18-13(17)9-19-12(8-16)10-6-4-5-7-11(10)15/h4-7,12H,8-9,16H2,1-3H3. The van der Waals surface area contributed by atoms with E-state index in [1.807, 2.05) is 45.0 Å². The molecule has 0 radical (unpaired) electrons. The van der Waals surface area contributed by atoms with Crippen molar-refractivity contribution in [1.82, 2.24) is 0 Å². The van der Waals surface area contributed by atoms with E-state index in [0.29, 0.717) is 12.3 Å². The first-order chi connectivity index (χ1) is 8.83. The van der Waals surface area contributed by atoms with Gasteiger partial charge in [0.1, 0.15) is 5.60 Å². The van der Waals surface area contributed by atoms with E-state index in [1.54, 1.807) is 0 Å². The fourth-order valence-corrected chi connectivity index (χ4v) is 3.19. The molecule has 1 unspecified atom stereocenters. The van der Waals surface area contributed by atoms with Gasteiger partial charge in [0.05, 0.1) is 5.75 Å². The van der Waals surface area contributed by atoms with Crippen molar-refractivity contribution < 1.29 is 9.53 Å². The molecule has 19 heavy (non-hydrogen) atoms. The third kappa shape index (κ3) is 5.97.